The largest absolute Gasteiger partial charge is 0.317 e. The van der Waals surface area contributed by atoms with Crippen LogP contribution in [0, 0.1) is 5.82 Å². The lowest BCUT2D eigenvalue weighted by Crippen LogP contribution is -2.27. The van der Waals surface area contributed by atoms with Gasteiger partial charge in [-0.3, -0.25) is 14.5 Å². The molecule has 0 spiro atoms. The van der Waals surface area contributed by atoms with Crippen molar-refractivity contribution < 1.29 is 14.0 Å². The molecular weight excluding hydrogens is 399 g/mol. The number of carbonyl (C=O) groups is 2. The lowest BCUT2D eigenvalue weighted by molar-refractivity contribution is -0.123. The minimum absolute atomic E-state index is 0.193. The predicted molar refractivity (Wildman–Crippen MR) is 109 cm³/mol. The Kier molecular flexibility index (Phi) is 5.07. The zero-order valence-corrected chi connectivity index (χ0v) is 16.1. The van der Waals surface area contributed by atoms with E-state index < -0.39 is 0 Å². The van der Waals surface area contributed by atoms with Crippen LogP contribution in [-0.2, 0) is 11.3 Å². The van der Waals surface area contributed by atoms with Crippen LogP contribution >= 0.6 is 23.4 Å². The maximum atomic E-state index is 13.2. The molecule has 1 aliphatic heterocycles. The molecule has 2 aromatic carbocycles. The molecule has 0 bridgehead atoms. The number of thioether (sulfide) groups is 1. The molecule has 1 aliphatic rings. The van der Waals surface area contributed by atoms with E-state index in [4.69, 9.17) is 11.6 Å². The van der Waals surface area contributed by atoms with Crippen LogP contribution in [0.1, 0.15) is 11.3 Å². The first-order chi connectivity index (χ1) is 13.5. The Morgan fingerprint density at radius 3 is 2.43 bits per heavy atom. The summed E-state index contributed by atoms with van der Waals surface area (Å²) in [5.41, 5.74) is 2.31. The number of aromatic nitrogens is 1. The average Bonchev–Trinajstić information content (AvgIpc) is 3.24. The molecule has 1 saturated heterocycles. The van der Waals surface area contributed by atoms with Crippen molar-refractivity contribution in [3.05, 3.63) is 93.9 Å². The standard InChI is InChI=1S/C21H14ClFN2O2S/c22-15-5-3-14(4-6-15)13-25-20(26)19(28-21(25)27)12-18-2-1-11-24(18)17-9-7-16(23)8-10-17/h1-12H,13H2/b19-12+. The number of rotatable bonds is 4. The molecule has 3 aromatic rings. The summed E-state index contributed by atoms with van der Waals surface area (Å²) >= 11 is 6.79. The highest BCUT2D eigenvalue weighted by Gasteiger charge is 2.35. The van der Waals surface area contributed by atoms with Crippen molar-refractivity contribution in [2.24, 2.45) is 0 Å². The maximum Gasteiger partial charge on any atom is 0.293 e. The van der Waals surface area contributed by atoms with E-state index in [-0.39, 0.29) is 23.5 Å². The van der Waals surface area contributed by atoms with Gasteiger partial charge in [-0.05, 0) is 71.9 Å². The zero-order chi connectivity index (χ0) is 19.7. The minimum Gasteiger partial charge on any atom is -0.317 e. The zero-order valence-electron chi connectivity index (χ0n) is 14.5. The summed E-state index contributed by atoms with van der Waals surface area (Å²) in [4.78, 5) is 26.6. The number of hydrogen-bond acceptors (Lipinski definition) is 3. The van der Waals surface area contributed by atoms with Gasteiger partial charge >= 0.3 is 0 Å². The summed E-state index contributed by atoms with van der Waals surface area (Å²) in [5.74, 6) is -0.655. The van der Waals surface area contributed by atoms with Crippen molar-refractivity contribution in [3.63, 3.8) is 0 Å². The fourth-order valence-corrected chi connectivity index (χ4v) is 3.84. The Balaban J connectivity index is 1.59. The summed E-state index contributed by atoms with van der Waals surface area (Å²) < 4.78 is 15.0. The second-order valence-electron chi connectivity index (χ2n) is 6.17. The van der Waals surface area contributed by atoms with Crippen molar-refractivity contribution in [1.29, 1.82) is 0 Å². The lowest BCUT2D eigenvalue weighted by atomic mass is 10.2. The molecule has 0 N–H and O–H groups in total. The predicted octanol–water partition coefficient (Wildman–Crippen LogP) is 5.51. The van der Waals surface area contributed by atoms with Gasteiger partial charge in [0.2, 0.25) is 0 Å². The fraction of sp³-hybridized carbons (Fsp3) is 0.0476. The first-order valence-corrected chi connectivity index (χ1v) is 9.64. The number of carbonyl (C=O) groups excluding carboxylic acids is 2. The normalized spacial score (nSPS) is 15.6. The molecule has 0 unspecified atom stereocenters. The smallest absolute Gasteiger partial charge is 0.293 e. The highest BCUT2D eigenvalue weighted by atomic mass is 35.5. The van der Waals surface area contributed by atoms with E-state index in [0.29, 0.717) is 9.93 Å². The molecule has 0 atom stereocenters. The van der Waals surface area contributed by atoms with Crippen molar-refractivity contribution >= 4 is 40.6 Å². The number of nitrogens with zero attached hydrogens (tertiary/aromatic N) is 2. The Morgan fingerprint density at radius 2 is 1.71 bits per heavy atom. The van der Waals surface area contributed by atoms with E-state index in [1.807, 2.05) is 22.9 Å². The highest BCUT2D eigenvalue weighted by Crippen LogP contribution is 2.33. The van der Waals surface area contributed by atoms with Gasteiger partial charge in [0.1, 0.15) is 5.82 Å². The van der Waals surface area contributed by atoms with E-state index in [1.165, 1.54) is 17.0 Å². The molecule has 0 aliphatic carbocycles. The molecular formula is C21H14ClFN2O2S. The monoisotopic (exact) mass is 412 g/mol. The second-order valence-corrected chi connectivity index (χ2v) is 7.60. The van der Waals surface area contributed by atoms with Crippen LogP contribution in [0.3, 0.4) is 0 Å². The quantitative estimate of drug-likeness (QED) is 0.531. The van der Waals surface area contributed by atoms with E-state index in [9.17, 15) is 14.0 Å². The number of amides is 2. The first-order valence-electron chi connectivity index (χ1n) is 8.44. The van der Waals surface area contributed by atoms with Gasteiger partial charge < -0.3 is 4.57 Å². The van der Waals surface area contributed by atoms with Crippen molar-refractivity contribution in [1.82, 2.24) is 9.47 Å². The SMILES string of the molecule is O=C1S/C(=C/c2cccn2-c2ccc(F)cc2)C(=O)N1Cc1ccc(Cl)cc1. The summed E-state index contributed by atoms with van der Waals surface area (Å²) in [6, 6.07) is 16.7. The molecule has 28 heavy (non-hydrogen) atoms. The van der Waals surface area contributed by atoms with Crippen LogP contribution in [0.4, 0.5) is 9.18 Å². The highest BCUT2D eigenvalue weighted by molar-refractivity contribution is 8.18. The van der Waals surface area contributed by atoms with Gasteiger partial charge in [-0.25, -0.2) is 4.39 Å². The van der Waals surface area contributed by atoms with E-state index in [0.717, 1.165) is 28.7 Å². The number of imide groups is 1. The third-order valence-corrected chi connectivity index (χ3v) is 5.45. The topological polar surface area (TPSA) is 42.3 Å². The second kappa shape index (κ2) is 7.66. The minimum atomic E-state index is -0.336. The van der Waals surface area contributed by atoms with Crippen LogP contribution in [0.15, 0.2) is 71.8 Å². The molecule has 1 fully saturated rings. The van der Waals surface area contributed by atoms with Gasteiger partial charge in [-0.1, -0.05) is 23.7 Å². The Morgan fingerprint density at radius 1 is 1.00 bits per heavy atom. The van der Waals surface area contributed by atoms with Crippen LogP contribution in [0.2, 0.25) is 5.02 Å². The fourth-order valence-electron chi connectivity index (χ4n) is 2.89. The Hall–Kier alpha value is -2.83. The molecule has 0 saturated carbocycles. The summed E-state index contributed by atoms with van der Waals surface area (Å²) in [6.07, 6.45) is 3.49. The van der Waals surface area contributed by atoms with E-state index >= 15 is 0 Å². The summed E-state index contributed by atoms with van der Waals surface area (Å²) in [6.45, 7) is 0.193. The van der Waals surface area contributed by atoms with Crippen LogP contribution in [0.5, 0.6) is 0 Å². The molecule has 7 heteroatoms. The van der Waals surface area contributed by atoms with Gasteiger partial charge in [-0.15, -0.1) is 0 Å². The molecule has 140 valence electrons. The summed E-state index contributed by atoms with van der Waals surface area (Å²) in [7, 11) is 0. The third-order valence-electron chi connectivity index (χ3n) is 4.29. The average molecular weight is 413 g/mol. The maximum absolute atomic E-state index is 13.2. The van der Waals surface area contributed by atoms with Crippen LogP contribution in [-0.4, -0.2) is 20.6 Å². The van der Waals surface area contributed by atoms with Crippen molar-refractivity contribution in [3.8, 4) is 5.69 Å². The van der Waals surface area contributed by atoms with E-state index in [1.54, 1.807) is 42.5 Å². The van der Waals surface area contributed by atoms with Gasteiger partial charge in [-0.2, -0.15) is 0 Å². The first kappa shape index (κ1) is 18.5. The molecule has 1 aromatic heterocycles. The number of halogens is 2. The molecule has 4 nitrogen and oxygen atoms in total. The molecule has 2 heterocycles. The number of hydrogen-bond donors (Lipinski definition) is 0. The van der Waals surface area contributed by atoms with E-state index in [2.05, 4.69) is 0 Å². The lowest BCUT2D eigenvalue weighted by Gasteiger charge is -2.12. The van der Waals surface area contributed by atoms with Gasteiger partial charge in [0, 0.05) is 22.6 Å². The Labute approximate surface area is 170 Å². The van der Waals surface area contributed by atoms with Crippen molar-refractivity contribution in [2.45, 2.75) is 6.54 Å². The number of benzene rings is 2. The van der Waals surface area contributed by atoms with Gasteiger partial charge in [0.25, 0.3) is 11.1 Å². The molecule has 0 radical (unpaired) electrons. The Bertz CT molecular complexity index is 1070. The molecule has 2 amide bonds. The summed E-state index contributed by atoms with van der Waals surface area (Å²) in [5, 5.41) is 0.283. The van der Waals surface area contributed by atoms with Crippen molar-refractivity contribution in [2.75, 3.05) is 0 Å². The van der Waals surface area contributed by atoms with Gasteiger partial charge in [0.15, 0.2) is 0 Å². The van der Waals surface area contributed by atoms with Gasteiger partial charge in [0.05, 0.1) is 11.4 Å². The van der Waals surface area contributed by atoms with Crippen LogP contribution < -0.4 is 0 Å². The van der Waals surface area contributed by atoms with Crippen LogP contribution in [0.25, 0.3) is 11.8 Å². The molecule has 4 rings (SSSR count). The third kappa shape index (κ3) is 3.74.